The fourth-order valence-corrected chi connectivity index (χ4v) is 0.545. The van der Waals surface area contributed by atoms with Gasteiger partial charge < -0.3 is 5.11 Å². The van der Waals surface area contributed by atoms with Crippen LogP contribution in [-0.2, 0) is 0 Å². The summed E-state index contributed by atoms with van der Waals surface area (Å²) in [5, 5.41) is 8.76. The number of hydrogen-bond acceptors (Lipinski definition) is 1. The molecule has 1 nitrogen and oxygen atoms in total. The molecule has 12 heavy (non-hydrogen) atoms. The monoisotopic (exact) mass is 164 g/mol. The summed E-state index contributed by atoms with van der Waals surface area (Å²) < 4.78 is 0. The van der Waals surface area contributed by atoms with Crippen molar-refractivity contribution in [2.24, 2.45) is 0 Å². The van der Waals surface area contributed by atoms with Gasteiger partial charge in [0.25, 0.3) is 0 Å². The molecular formula is C11H16O. The number of hydrogen-bond donors (Lipinski definition) is 1. The zero-order valence-corrected chi connectivity index (χ0v) is 7.96. The molecule has 0 saturated carbocycles. The highest BCUT2D eigenvalue weighted by molar-refractivity contribution is 5.24. The maximum atomic E-state index is 8.76. The number of allylic oxidation sites excluding steroid dienone is 1. The standard InChI is InChI=1S/C7H8O.C4H8/c1-6-2-4-7(8)5-3-6;1-4(2)3/h2-5,8H,1H3;1H2,2-3H3. The molecule has 66 valence electrons. The molecule has 0 bridgehead atoms. The molecule has 0 aromatic heterocycles. The van der Waals surface area contributed by atoms with Crippen LogP contribution in [0.2, 0.25) is 0 Å². The summed E-state index contributed by atoms with van der Waals surface area (Å²) in [6.45, 7) is 9.49. The van der Waals surface area contributed by atoms with Crippen molar-refractivity contribution in [2.75, 3.05) is 0 Å². The Morgan fingerprint density at radius 2 is 1.50 bits per heavy atom. The first-order chi connectivity index (χ1) is 5.52. The first-order valence-electron chi connectivity index (χ1n) is 3.90. The van der Waals surface area contributed by atoms with Crippen LogP contribution >= 0.6 is 0 Å². The topological polar surface area (TPSA) is 20.2 Å². The van der Waals surface area contributed by atoms with E-state index in [2.05, 4.69) is 6.58 Å². The van der Waals surface area contributed by atoms with Crippen LogP contribution in [0.3, 0.4) is 0 Å². The Labute approximate surface area is 74.4 Å². The highest BCUT2D eigenvalue weighted by atomic mass is 16.3. The van der Waals surface area contributed by atoms with Crippen molar-refractivity contribution in [1.29, 1.82) is 0 Å². The smallest absolute Gasteiger partial charge is 0.115 e. The molecule has 1 heteroatoms. The zero-order chi connectivity index (χ0) is 9.56. The molecule has 1 rings (SSSR count). The molecule has 0 heterocycles. The molecule has 0 aliphatic rings. The molecule has 1 aromatic rings. The summed E-state index contributed by atoms with van der Waals surface area (Å²) in [4.78, 5) is 0. The van der Waals surface area contributed by atoms with Crippen LogP contribution in [0.25, 0.3) is 0 Å². The molecule has 0 aliphatic heterocycles. The maximum Gasteiger partial charge on any atom is 0.115 e. The zero-order valence-electron chi connectivity index (χ0n) is 7.96. The second kappa shape index (κ2) is 5.42. The Morgan fingerprint density at radius 3 is 1.75 bits per heavy atom. The number of phenols is 1. The van der Waals surface area contributed by atoms with Crippen LogP contribution in [0.15, 0.2) is 36.4 Å². The predicted octanol–water partition coefficient (Wildman–Crippen LogP) is 3.28. The van der Waals surface area contributed by atoms with E-state index in [1.165, 1.54) is 11.1 Å². The van der Waals surface area contributed by atoms with E-state index in [1.54, 1.807) is 12.1 Å². The fraction of sp³-hybridized carbons (Fsp3) is 0.273. The van der Waals surface area contributed by atoms with E-state index in [0.29, 0.717) is 5.75 Å². The van der Waals surface area contributed by atoms with Crippen LogP contribution < -0.4 is 0 Å². The number of phenolic OH excluding ortho intramolecular Hbond substituents is 1. The molecule has 0 amide bonds. The minimum absolute atomic E-state index is 0.329. The highest BCUT2D eigenvalue weighted by Crippen LogP contribution is 2.07. The van der Waals surface area contributed by atoms with E-state index < -0.39 is 0 Å². The van der Waals surface area contributed by atoms with Crippen molar-refractivity contribution in [3.8, 4) is 5.75 Å². The van der Waals surface area contributed by atoms with E-state index in [0.717, 1.165) is 0 Å². The third-order valence-electron chi connectivity index (χ3n) is 1.03. The van der Waals surface area contributed by atoms with Crippen molar-refractivity contribution in [3.63, 3.8) is 0 Å². The fourth-order valence-electron chi connectivity index (χ4n) is 0.545. The molecule has 0 aliphatic carbocycles. The van der Waals surface area contributed by atoms with Crippen molar-refractivity contribution in [3.05, 3.63) is 42.0 Å². The lowest BCUT2D eigenvalue weighted by molar-refractivity contribution is 0.475. The first-order valence-corrected chi connectivity index (χ1v) is 3.90. The SMILES string of the molecule is C=C(C)C.Cc1ccc(O)cc1. The van der Waals surface area contributed by atoms with Crippen LogP contribution in [0, 0.1) is 6.92 Å². The summed E-state index contributed by atoms with van der Waals surface area (Å²) >= 11 is 0. The molecule has 0 radical (unpaired) electrons. The minimum atomic E-state index is 0.329. The second-order valence-corrected chi connectivity index (χ2v) is 3.04. The van der Waals surface area contributed by atoms with Gasteiger partial charge >= 0.3 is 0 Å². The Kier molecular flexibility index (Phi) is 4.86. The van der Waals surface area contributed by atoms with Gasteiger partial charge in [-0.2, -0.15) is 0 Å². The Morgan fingerprint density at radius 1 is 1.17 bits per heavy atom. The quantitative estimate of drug-likeness (QED) is 0.583. The van der Waals surface area contributed by atoms with Gasteiger partial charge in [-0.25, -0.2) is 0 Å². The molecule has 0 saturated heterocycles. The lowest BCUT2D eigenvalue weighted by Crippen LogP contribution is -1.66. The average Bonchev–Trinajstić information content (AvgIpc) is 1.94. The summed E-state index contributed by atoms with van der Waals surface area (Å²) in [5.41, 5.74) is 2.34. The molecule has 0 atom stereocenters. The molecule has 0 unspecified atom stereocenters. The average molecular weight is 164 g/mol. The summed E-state index contributed by atoms with van der Waals surface area (Å²) in [6.07, 6.45) is 0. The first kappa shape index (κ1) is 10.8. The largest absolute Gasteiger partial charge is 0.508 e. The molecular weight excluding hydrogens is 148 g/mol. The van der Waals surface area contributed by atoms with Crippen molar-refractivity contribution < 1.29 is 5.11 Å². The van der Waals surface area contributed by atoms with Crippen LogP contribution in [0.4, 0.5) is 0 Å². The van der Waals surface area contributed by atoms with Gasteiger partial charge in [-0.05, 0) is 32.9 Å². The molecule has 1 N–H and O–H groups in total. The van der Waals surface area contributed by atoms with Crippen LogP contribution in [-0.4, -0.2) is 5.11 Å². The molecule has 0 spiro atoms. The van der Waals surface area contributed by atoms with Crippen LogP contribution in [0.5, 0.6) is 5.75 Å². The normalized spacial score (nSPS) is 8.25. The summed E-state index contributed by atoms with van der Waals surface area (Å²) in [6, 6.07) is 7.09. The summed E-state index contributed by atoms with van der Waals surface area (Å²) in [5.74, 6) is 0.329. The van der Waals surface area contributed by atoms with Gasteiger partial charge in [0.15, 0.2) is 0 Å². The number of rotatable bonds is 0. The van der Waals surface area contributed by atoms with Crippen LogP contribution in [0.1, 0.15) is 19.4 Å². The number of benzene rings is 1. The molecule has 0 fully saturated rings. The van der Waals surface area contributed by atoms with Gasteiger partial charge in [-0.3, -0.25) is 0 Å². The minimum Gasteiger partial charge on any atom is -0.508 e. The Balaban J connectivity index is 0.000000261. The third kappa shape index (κ3) is 6.87. The van der Waals surface area contributed by atoms with E-state index in [4.69, 9.17) is 5.11 Å². The lowest BCUT2D eigenvalue weighted by Gasteiger charge is -1.89. The highest BCUT2D eigenvalue weighted by Gasteiger charge is 1.82. The van der Waals surface area contributed by atoms with Gasteiger partial charge in [0.1, 0.15) is 5.75 Å². The second-order valence-electron chi connectivity index (χ2n) is 3.04. The van der Waals surface area contributed by atoms with Crippen molar-refractivity contribution >= 4 is 0 Å². The van der Waals surface area contributed by atoms with E-state index in [-0.39, 0.29) is 0 Å². The third-order valence-corrected chi connectivity index (χ3v) is 1.03. The van der Waals surface area contributed by atoms with Crippen molar-refractivity contribution in [2.45, 2.75) is 20.8 Å². The van der Waals surface area contributed by atoms with Gasteiger partial charge in [0.05, 0.1) is 0 Å². The number of aromatic hydroxyl groups is 1. The van der Waals surface area contributed by atoms with Gasteiger partial charge in [0, 0.05) is 0 Å². The Bertz CT molecular complexity index is 209. The van der Waals surface area contributed by atoms with Crippen molar-refractivity contribution in [1.82, 2.24) is 0 Å². The number of aryl methyl sites for hydroxylation is 1. The maximum absolute atomic E-state index is 8.76. The van der Waals surface area contributed by atoms with Gasteiger partial charge in [0.2, 0.25) is 0 Å². The summed E-state index contributed by atoms with van der Waals surface area (Å²) in [7, 11) is 0. The van der Waals surface area contributed by atoms with E-state index in [1.807, 2.05) is 32.9 Å². The lowest BCUT2D eigenvalue weighted by atomic mass is 10.2. The predicted molar refractivity (Wildman–Crippen MR) is 53.3 cm³/mol. The van der Waals surface area contributed by atoms with E-state index >= 15 is 0 Å². The van der Waals surface area contributed by atoms with E-state index in [9.17, 15) is 0 Å². The Hall–Kier alpha value is -1.24. The van der Waals surface area contributed by atoms with Gasteiger partial charge in [-0.1, -0.05) is 23.3 Å². The molecule has 1 aromatic carbocycles. The van der Waals surface area contributed by atoms with Gasteiger partial charge in [-0.15, -0.1) is 6.58 Å².